The summed E-state index contributed by atoms with van der Waals surface area (Å²) in [5.74, 6) is 0.255. The van der Waals surface area contributed by atoms with Crippen molar-refractivity contribution >= 4 is 41.6 Å². The van der Waals surface area contributed by atoms with Crippen LogP contribution in [0.15, 0.2) is 23.2 Å². The molecule has 0 bridgehead atoms. The number of guanidine groups is 1. The van der Waals surface area contributed by atoms with Gasteiger partial charge in [0.25, 0.3) is 0 Å². The van der Waals surface area contributed by atoms with Gasteiger partial charge in [-0.1, -0.05) is 6.07 Å². The lowest BCUT2D eigenvalue weighted by atomic mass is 9.98. The van der Waals surface area contributed by atoms with Crippen LogP contribution in [0, 0.1) is 11.7 Å². The smallest absolute Gasteiger partial charge is 0.310 e. The Bertz CT molecular complexity index is 743. The first kappa shape index (κ1) is 25.6. The van der Waals surface area contributed by atoms with Crippen molar-refractivity contribution in [2.45, 2.75) is 33.2 Å². The van der Waals surface area contributed by atoms with Crippen molar-refractivity contribution in [2.24, 2.45) is 10.9 Å². The van der Waals surface area contributed by atoms with E-state index >= 15 is 0 Å². The summed E-state index contributed by atoms with van der Waals surface area (Å²) >= 11 is 0. The summed E-state index contributed by atoms with van der Waals surface area (Å²) in [4.78, 5) is 21.0. The fourth-order valence-electron chi connectivity index (χ4n) is 3.92. The maximum absolute atomic E-state index is 14.7. The van der Waals surface area contributed by atoms with Crippen molar-refractivity contribution in [3.63, 3.8) is 0 Å². The van der Waals surface area contributed by atoms with Gasteiger partial charge in [0.2, 0.25) is 0 Å². The molecule has 2 aliphatic heterocycles. The number of carbonyl (C=O) groups is 1. The van der Waals surface area contributed by atoms with Gasteiger partial charge in [-0.2, -0.15) is 0 Å². The normalized spacial score (nSPS) is 19.6. The largest absolute Gasteiger partial charge is 0.466 e. The summed E-state index contributed by atoms with van der Waals surface area (Å²) in [5, 5.41) is 3.30. The molecule has 0 spiro atoms. The molecule has 2 heterocycles. The molecule has 1 atom stereocenters. The molecule has 9 heteroatoms. The average molecular weight is 548 g/mol. The minimum absolute atomic E-state index is 0. The molecule has 3 rings (SSSR count). The maximum atomic E-state index is 14.7. The summed E-state index contributed by atoms with van der Waals surface area (Å²) in [5.41, 5.74) is 1.44. The Labute approximate surface area is 201 Å². The zero-order valence-electron chi connectivity index (χ0n) is 18.4. The number of hydrogen-bond donors (Lipinski definition) is 1. The summed E-state index contributed by atoms with van der Waals surface area (Å²) in [6.07, 6.45) is 1.75. The number of likely N-dealkylation sites (tertiary alicyclic amines) is 1. The van der Waals surface area contributed by atoms with Crippen molar-refractivity contribution < 1.29 is 18.7 Å². The molecule has 7 nitrogen and oxygen atoms in total. The van der Waals surface area contributed by atoms with E-state index in [0.717, 1.165) is 37.5 Å². The van der Waals surface area contributed by atoms with Crippen LogP contribution in [0.2, 0.25) is 0 Å². The van der Waals surface area contributed by atoms with Crippen LogP contribution < -0.4 is 10.2 Å². The fourth-order valence-corrected chi connectivity index (χ4v) is 3.92. The lowest BCUT2D eigenvalue weighted by Gasteiger charge is -2.34. The standard InChI is InChI=1S/C22H33FN4O3.HI/c1-3-24-22(27-9-5-6-18(16-27)21(28)30-4-2)25-15-17-7-8-20(19(23)14-17)26-10-12-29-13-11-26;/h7-8,14,18H,3-6,9-13,15-16H2,1-2H3,(H,24,25);1H. The number of esters is 1. The Morgan fingerprint density at radius 3 is 2.74 bits per heavy atom. The molecule has 1 aromatic rings. The van der Waals surface area contributed by atoms with Crippen LogP contribution >= 0.6 is 24.0 Å². The highest BCUT2D eigenvalue weighted by atomic mass is 127. The van der Waals surface area contributed by atoms with Crippen LogP contribution in [0.25, 0.3) is 0 Å². The molecule has 0 amide bonds. The molecule has 0 aromatic heterocycles. The van der Waals surface area contributed by atoms with E-state index < -0.39 is 0 Å². The number of nitrogens with zero attached hydrogens (tertiary/aromatic N) is 3. The molecular weight excluding hydrogens is 514 g/mol. The summed E-state index contributed by atoms with van der Waals surface area (Å²) in [6.45, 7) is 9.43. The zero-order chi connectivity index (χ0) is 21.3. The Hall–Kier alpha value is -1.62. The van der Waals surface area contributed by atoms with E-state index in [0.29, 0.717) is 51.7 Å². The van der Waals surface area contributed by atoms with Crippen molar-refractivity contribution in [3.05, 3.63) is 29.6 Å². The third kappa shape index (κ3) is 7.20. The number of rotatable bonds is 6. The Balaban J connectivity index is 0.00000341. The first-order valence-corrected chi connectivity index (χ1v) is 10.9. The predicted molar refractivity (Wildman–Crippen MR) is 131 cm³/mol. The van der Waals surface area contributed by atoms with Crippen molar-refractivity contribution in [2.75, 3.05) is 57.4 Å². The lowest BCUT2D eigenvalue weighted by molar-refractivity contribution is -0.149. The van der Waals surface area contributed by atoms with E-state index in [1.807, 2.05) is 30.9 Å². The molecule has 2 saturated heterocycles. The fraction of sp³-hybridized carbons (Fsp3) is 0.636. The van der Waals surface area contributed by atoms with Crippen LogP contribution in [0.3, 0.4) is 0 Å². The second-order valence-electron chi connectivity index (χ2n) is 7.59. The minimum atomic E-state index is -0.227. The number of nitrogens with one attached hydrogen (secondary N) is 1. The molecule has 31 heavy (non-hydrogen) atoms. The molecule has 0 radical (unpaired) electrons. The van der Waals surface area contributed by atoms with Gasteiger partial charge in [0, 0.05) is 32.7 Å². The van der Waals surface area contributed by atoms with Gasteiger partial charge in [0.1, 0.15) is 5.82 Å². The van der Waals surface area contributed by atoms with Crippen LogP contribution in [-0.2, 0) is 20.8 Å². The van der Waals surface area contributed by atoms with E-state index in [1.54, 1.807) is 6.07 Å². The molecule has 2 fully saturated rings. The zero-order valence-corrected chi connectivity index (χ0v) is 20.8. The van der Waals surface area contributed by atoms with Crippen LogP contribution in [0.4, 0.5) is 10.1 Å². The van der Waals surface area contributed by atoms with E-state index in [1.165, 1.54) is 0 Å². The highest BCUT2D eigenvalue weighted by molar-refractivity contribution is 14.0. The number of aliphatic imine (C=N–C) groups is 1. The quantitative estimate of drug-likeness (QED) is 0.255. The Morgan fingerprint density at radius 2 is 2.06 bits per heavy atom. The van der Waals surface area contributed by atoms with E-state index in [2.05, 4.69) is 10.2 Å². The van der Waals surface area contributed by atoms with E-state index in [4.69, 9.17) is 14.5 Å². The summed E-state index contributed by atoms with van der Waals surface area (Å²) in [7, 11) is 0. The summed E-state index contributed by atoms with van der Waals surface area (Å²) in [6, 6.07) is 5.32. The second-order valence-corrected chi connectivity index (χ2v) is 7.59. The van der Waals surface area contributed by atoms with Gasteiger partial charge in [-0.25, -0.2) is 9.38 Å². The highest BCUT2D eigenvalue weighted by Gasteiger charge is 2.28. The van der Waals surface area contributed by atoms with Crippen molar-refractivity contribution in [3.8, 4) is 0 Å². The van der Waals surface area contributed by atoms with Gasteiger partial charge in [-0.15, -0.1) is 24.0 Å². The molecule has 0 saturated carbocycles. The number of anilines is 1. The molecule has 1 unspecified atom stereocenters. The van der Waals surface area contributed by atoms with Crippen molar-refractivity contribution in [1.82, 2.24) is 10.2 Å². The van der Waals surface area contributed by atoms with Crippen LogP contribution in [-0.4, -0.2) is 69.4 Å². The molecule has 1 aromatic carbocycles. The third-order valence-corrected chi connectivity index (χ3v) is 5.45. The Morgan fingerprint density at radius 1 is 1.29 bits per heavy atom. The minimum Gasteiger partial charge on any atom is -0.466 e. The number of ether oxygens (including phenoxy) is 2. The lowest BCUT2D eigenvalue weighted by Crippen LogP contribution is -2.48. The second kappa shape index (κ2) is 13.0. The number of hydrogen-bond acceptors (Lipinski definition) is 5. The molecule has 2 aliphatic rings. The van der Waals surface area contributed by atoms with Gasteiger partial charge >= 0.3 is 5.97 Å². The number of benzene rings is 1. The average Bonchev–Trinajstić information content (AvgIpc) is 2.77. The van der Waals surface area contributed by atoms with Gasteiger partial charge in [0.15, 0.2) is 5.96 Å². The molecule has 174 valence electrons. The number of morpholine rings is 1. The molecular formula is C22H34FIN4O3. The van der Waals surface area contributed by atoms with Gasteiger partial charge in [-0.3, -0.25) is 4.79 Å². The SMILES string of the molecule is CCNC(=NCc1ccc(N2CCOCC2)c(F)c1)N1CCCC(C(=O)OCC)C1.I. The van der Waals surface area contributed by atoms with Gasteiger partial charge in [-0.05, 0) is 44.4 Å². The summed E-state index contributed by atoms with van der Waals surface area (Å²) < 4.78 is 25.2. The maximum Gasteiger partial charge on any atom is 0.310 e. The van der Waals surface area contributed by atoms with Gasteiger partial charge in [0.05, 0.1) is 38.0 Å². The monoisotopic (exact) mass is 548 g/mol. The van der Waals surface area contributed by atoms with Crippen molar-refractivity contribution in [1.29, 1.82) is 0 Å². The van der Waals surface area contributed by atoms with Crippen LogP contribution in [0.1, 0.15) is 32.3 Å². The van der Waals surface area contributed by atoms with E-state index in [9.17, 15) is 9.18 Å². The van der Waals surface area contributed by atoms with Gasteiger partial charge < -0.3 is 24.6 Å². The topological polar surface area (TPSA) is 66.4 Å². The molecule has 0 aliphatic carbocycles. The highest BCUT2D eigenvalue weighted by Crippen LogP contribution is 2.22. The first-order valence-electron chi connectivity index (χ1n) is 10.9. The Kier molecular flexibility index (Phi) is 10.8. The molecule has 1 N–H and O–H groups in total. The van der Waals surface area contributed by atoms with Crippen LogP contribution in [0.5, 0.6) is 0 Å². The van der Waals surface area contributed by atoms with E-state index in [-0.39, 0.29) is 41.7 Å². The first-order chi connectivity index (χ1) is 14.6. The number of piperidine rings is 1. The number of carbonyl (C=O) groups excluding carboxylic acids is 1. The third-order valence-electron chi connectivity index (χ3n) is 5.45. The predicted octanol–water partition coefficient (Wildman–Crippen LogP) is 3.02. The number of halogens is 2.